The molecule has 0 bridgehead atoms. The van der Waals surface area contributed by atoms with Crippen molar-refractivity contribution in [2.45, 2.75) is 0 Å². The van der Waals surface area contributed by atoms with Crippen LogP contribution in [0.5, 0.6) is 0 Å². The number of carboxylic acid groups (broad SMARTS) is 1. The zero-order chi connectivity index (χ0) is 9.84. The second-order valence-electron chi connectivity index (χ2n) is 2.37. The van der Waals surface area contributed by atoms with Gasteiger partial charge in [0.25, 0.3) is 0 Å². The van der Waals surface area contributed by atoms with E-state index in [4.69, 9.17) is 5.11 Å². The van der Waals surface area contributed by atoms with Crippen molar-refractivity contribution in [1.82, 2.24) is 0 Å². The Labute approximate surface area is 96.4 Å². The molecule has 0 spiro atoms. The fourth-order valence-electron chi connectivity index (χ4n) is 0.867. The monoisotopic (exact) mass is 287 g/mol. The molecular weight excluding hydrogens is 280 g/mol. The summed E-state index contributed by atoms with van der Waals surface area (Å²) in [5.74, 6) is -1.49. The molecule has 4 nitrogen and oxygen atoms in total. The van der Waals surface area contributed by atoms with Crippen LogP contribution in [0.1, 0.15) is 20.7 Å². The molecule has 0 aliphatic rings. The average Bonchev–Trinajstić information content (AvgIpc) is 2.17. The van der Waals surface area contributed by atoms with E-state index >= 15 is 0 Å². The summed E-state index contributed by atoms with van der Waals surface area (Å²) in [5.41, 5.74) is 0.486. The maximum atomic E-state index is 10.9. The van der Waals surface area contributed by atoms with Crippen molar-refractivity contribution >= 4 is 11.9 Å². The van der Waals surface area contributed by atoms with Crippen LogP contribution in [0.25, 0.3) is 0 Å². The summed E-state index contributed by atoms with van der Waals surface area (Å²) in [5, 5.41) is 8.56. The molecule has 1 aromatic carbocycles. The summed E-state index contributed by atoms with van der Waals surface area (Å²) in [6.07, 6.45) is 0. The molecule has 1 radical (unpaired) electrons. The summed E-state index contributed by atoms with van der Waals surface area (Å²) in [4.78, 5) is 21.4. The van der Waals surface area contributed by atoms with E-state index in [1.165, 1.54) is 31.4 Å². The van der Waals surface area contributed by atoms with Gasteiger partial charge in [0.1, 0.15) is 0 Å². The zero-order valence-corrected chi connectivity index (χ0v) is 8.77. The van der Waals surface area contributed by atoms with Crippen LogP contribution in [0.3, 0.4) is 0 Å². The van der Waals surface area contributed by atoms with E-state index in [1.54, 1.807) is 0 Å². The number of hydrogen-bond acceptors (Lipinski definition) is 3. The van der Waals surface area contributed by atoms with Gasteiger partial charge in [-0.3, -0.25) is 0 Å². The van der Waals surface area contributed by atoms with Crippen LogP contribution in [0.15, 0.2) is 24.3 Å². The van der Waals surface area contributed by atoms with Gasteiger partial charge in [-0.2, -0.15) is 0 Å². The molecule has 1 N–H and O–H groups in total. The van der Waals surface area contributed by atoms with Crippen molar-refractivity contribution in [3.8, 4) is 0 Å². The zero-order valence-electron chi connectivity index (χ0n) is 7.28. The summed E-state index contributed by atoms with van der Waals surface area (Å²) in [7, 11) is 1.27. The molecule has 0 aliphatic heterocycles. The second kappa shape index (κ2) is 5.59. The van der Waals surface area contributed by atoms with Crippen LogP contribution >= 0.6 is 0 Å². The van der Waals surface area contributed by atoms with Crippen LogP contribution in [0.2, 0.25) is 0 Å². The van der Waals surface area contributed by atoms with Gasteiger partial charge in [0.05, 0.1) is 18.2 Å². The van der Waals surface area contributed by atoms with Crippen molar-refractivity contribution in [1.29, 1.82) is 0 Å². The predicted molar refractivity (Wildman–Crippen MR) is 44.7 cm³/mol. The number of benzene rings is 1. The Hall–Kier alpha value is -1.10. The molecule has 14 heavy (non-hydrogen) atoms. The molecule has 0 fully saturated rings. The number of carbonyl (C=O) groups excluding carboxylic acids is 1. The number of methoxy groups -OCH3 is 1. The molecule has 0 aliphatic carbocycles. The average molecular weight is 288 g/mol. The van der Waals surface area contributed by atoms with Crippen molar-refractivity contribution in [2.75, 3.05) is 7.11 Å². The van der Waals surface area contributed by atoms with E-state index < -0.39 is 11.9 Å². The van der Waals surface area contributed by atoms with Gasteiger partial charge in [-0.15, -0.1) is 0 Å². The summed E-state index contributed by atoms with van der Waals surface area (Å²) >= 11 is 0. The SMILES string of the molecule is COC(=O)c1ccc(C(=O)O)cc1.[Ag]. The molecule has 0 saturated carbocycles. The minimum atomic E-state index is -1.02. The molecule has 0 unspecified atom stereocenters. The maximum absolute atomic E-state index is 10.9. The topological polar surface area (TPSA) is 63.6 Å². The third-order valence-corrected chi connectivity index (χ3v) is 1.55. The van der Waals surface area contributed by atoms with Gasteiger partial charge in [-0.1, -0.05) is 0 Å². The number of carboxylic acids is 1. The molecule has 0 amide bonds. The molecule has 1 rings (SSSR count). The normalized spacial score (nSPS) is 8.64. The number of aromatic carboxylic acids is 1. The Morgan fingerprint density at radius 2 is 1.57 bits per heavy atom. The van der Waals surface area contributed by atoms with Crippen molar-refractivity contribution < 1.29 is 41.8 Å². The smallest absolute Gasteiger partial charge is 0.337 e. The fourth-order valence-corrected chi connectivity index (χ4v) is 0.867. The molecule has 5 heteroatoms. The van der Waals surface area contributed by atoms with Crippen molar-refractivity contribution in [3.05, 3.63) is 35.4 Å². The first-order chi connectivity index (χ1) is 6.15. The van der Waals surface area contributed by atoms with Gasteiger partial charge in [0.2, 0.25) is 0 Å². The van der Waals surface area contributed by atoms with Crippen LogP contribution in [-0.2, 0) is 27.1 Å². The van der Waals surface area contributed by atoms with E-state index in [0.29, 0.717) is 5.56 Å². The predicted octanol–water partition coefficient (Wildman–Crippen LogP) is 1.17. The summed E-state index contributed by atoms with van der Waals surface area (Å²) in [6.45, 7) is 0. The number of carbonyl (C=O) groups is 2. The minimum Gasteiger partial charge on any atom is -0.478 e. The first kappa shape index (κ1) is 12.9. The third kappa shape index (κ3) is 2.99. The first-order valence-electron chi connectivity index (χ1n) is 3.57. The maximum Gasteiger partial charge on any atom is 0.337 e. The largest absolute Gasteiger partial charge is 0.478 e. The van der Waals surface area contributed by atoms with Gasteiger partial charge in [-0.05, 0) is 24.3 Å². The van der Waals surface area contributed by atoms with E-state index in [-0.39, 0.29) is 27.9 Å². The number of rotatable bonds is 2. The first-order valence-corrected chi connectivity index (χ1v) is 3.57. The molecule has 0 aromatic heterocycles. The van der Waals surface area contributed by atoms with E-state index in [0.717, 1.165) is 0 Å². The fraction of sp³-hybridized carbons (Fsp3) is 0.111. The van der Waals surface area contributed by atoms with E-state index in [2.05, 4.69) is 4.74 Å². The van der Waals surface area contributed by atoms with Gasteiger partial charge in [0, 0.05) is 22.4 Å². The summed E-state index contributed by atoms with van der Waals surface area (Å²) < 4.78 is 4.45. The summed E-state index contributed by atoms with van der Waals surface area (Å²) in [6, 6.07) is 5.54. The van der Waals surface area contributed by atoms with Crippen molar-refractivity contribution in [3.63, 3.8) is 0 Å². The number of hydrogen-bond donors (Lipinski definition) is 1. The van der Waals surface area contributed by atoms with Crippen LogP contribution in [0.4, 0.5) is 0 Å². The Kier molecular flexibility index (Phi) is 5.15. The van der Waals surface area contributed by atoms with Crippen LogP contribution < -0.4 is 0 Å². The number of esters is 1. The van der Waals surface area contributed by atoms with E-state index in [9.17, 15) is 9.59 Å². The van der Waals surface area contributed by atoms with Gasteiger partial charge < -0.3 is 9.84 Å². The Morgan fingerprint density at radius 3 is 1.93 bits per heavy atom. The van der Waals surface area contributed by atoms with E-state index in [1.807, 2.05) is 0 Å². The molecule has 0 heterocycles. The molecule has 79 valence electrons. The molecular formula is C9H8AgO4. The van der Waals surface area contributed by atoms with Gasteiger partial charge in [-0.25, -0.2) is 9.59 Å². The Bertz CT molecular complexity index is 331. The Morgan fingerprint density at radius 1 is 1.14 bits per heavy atom. The number of ether oxygens (including phenoxy) is 1. The Balaban J connectivity index is 0.00000169. The van der Waals surface area contributed by atoms with Crippen LogP contribution in [0, 0.1) is 0 Å². The van der Waals surface area contributed by atoms with Crippen molar-refractivity contribution in [2.24, 2.45) is 0 Å². The second-order valence-corrected chi connectivity index (χ2v) is 2.37. The van der Waals surface area contributed by atoms with Gasteiger partial charge >= 0.3 is 11.9 Å². The quantitative estimate of drug-likeness (QED) is 0.655. The minimum absolute atomic E-state index is 0. The van der Waals surface area contributed by atoms with Crippen LogP contribution in [-0.4, -0.2) is 24.2 Å². The molecule has 0 saturated heterocycles. The van der Waals surface area contributed by atoms with Gasteiger partial charge in [0.15, 0.2) is 0 Å². The molecule has 0 atom stereocenters. The third-order valence-electron chi connectivity index (χ3n) is 1.55. The molecule has 1 aromatic rings. The standard InChI is InChI=1S/C9H8O4.Ag/c1-13-9(12)7-4-2-6(3-5-7)8(10)11;/h2-5H,1H3,(H,10,11);.